The molecule has 4 nitrogen and oxygen atoms in total. The van der Waals surface area contributed by atoms with Crippen LogP contribution in [0.5, 0.6) is 5.75 Å². The third kappa shape index (κ3) is 4.20. The van der Waals surface area contributed by atoms with Gasteiger partial charge in [-0.25, -0.2) is 0 Å². The summed E-state index contributed by atoms with van der Waals surface area (Å²) in [5, 5.41) is 13.3. The number of nitrogens with two attached hydrogens (primary N) is 1. The van der Waals surface area contributed by atoms with Crippen LogP contribution in [0.15, 0.2) is 18.2 Å². The molecule has 19 heavy (non-hydrogen) atoms. The van der Waals surface area contributed by atoms with Crippen molar-refractivity contribution in [1.82, 2.24) is 5.32 Å². The monoisotopic (exact) mass is 266 g/mol. The van der Waals surface area contributed by atoms with Crippen molar-refractivity contribution in [2.45, 2.75) is 38.3 Å². The molecule has 0 radical (unpaired) electrons. The summed E-state index contributed by atoms with van der Waals surface area (Å²) >= 11 is 0. The zero-order chi connectivity index (χ0) is 14.4. The van der Waals surface area contributed by atoms with Gasteiger partial charge in [-0.15, -0.1) is 0 Å². The van der Waals surface area contributed by atoms with Crippen LogP contribution in [0.25, 0.3) is 0 Å². The number of ether oxygens (including phenoxy) is 1. The van der Waals surface area contributed by atoms with Crippen LogP contribution in [-0.2, 0) is 0 Å². The summed E-state index contributed by atoms with van der Waals surface area (Å²) < 4.78 is 5.34. The highest BCUT2D eigenvalue weighted by atomic mass is 16.5. The van der Waals surface area contributed by atoms with Gasteiger partial charge in [0, 0.05) is 6.04 Å². The van der Waals surface area contributed by atoms with Crippen molar-refractivity contribution < 1.29 is 9.84 Å². The van der Waals surface area contributed by atoms with Crippen LogP contribution >= 0.6 is 0 Å². The fraction of sp³-hybridized carbons (Fsp3) is 0.600. The van der Waals surface area contributed by atoms with Crippen LogP contribution in [-0.4, -0.2) is 31.9 Å². The van der Waals surface area contributed by atoms with Crippen LogP contribution in [0.2, 0.25) is 0 Å². The molecule has 1 aromatic carbocycles. The Bertz CT molecular complexity index is 394. The number of methoxy groups -OCH3 is 1. The Balaban J connectivity index is 2.91. The average Bonchev–Trinajstić information content (AvgIpc) is 2.42. The first-order valence-corrected chi connectivity index (χ1v) is 6.77. The van der Waals surface area contributed by atoms with Crippen LogP contribution in [0, 0.1) is 0 Å². The second kappa shape index (κ2) is 7.48. The van der Waals surface area contributed by atoms with Crippen molar-refractivity contribution in [3.63, 3.8) is 0 Å². The predicted octanol–water partition coefficient (Wildman–Crippen LogP) is 1.79. The van der Waals surface area contributed by atoms with Gasteiger partial charge in [0.05, 0.1) is 13.2 Å². The third-order valence-electron chi connectivity index (χ3n) is 3.35. The Labute approximate surface area is 116 Å². The van der Waals surface area contributed by atoms with Crippen LogP contribution in [0.1, 0.15) is 43.4 Å². The molecule has 0 fully saturated rings. The molecule has 0 bridgehead atoms. The molecule has 1 aromatic rings. The van der Waals surface area contributed by atoms with E-state index in [-0.39, 0.29) is 6.04 Å². The van der Waals surface area contributed by atoms with Crippen molar-refractivity contribution in [3.05, 3.63) is 29.3 Å². The van der Waals surface area contributed by atoms with E-state index in [0.29, 0.717) is 5.92 Å². The lowest BCUT2D eigenvalue weighted by atomic mass is 9.94. The maximum absolute atomic E-state index is 10.3. The van der Waals surface area contributed by atoms with Gasteiger partial charge in [0.2, 0.25) is 0 Å². The number of aliphatic hydroxyl groups is 1. The smallest absolute Gasteiger partial charge is 0.122 e. The minimum Gasteiger partial charge on any atom is -0.496 e. The van der Waals surface area contributed by atoms with Gasteiger partial charge < -0.3 is 20.9 Å². The summed E-state index contributed by atoms with van der Waals surface area (Å²) in [6, 6.07) is 5.52. The number of benzene rings is 1. The first-order valence-electron chi connectivity index (χ1n) is 6.77. The molecule has 4 heteroatoms. The summed E-state index contributed by atoms with van der Waals surface area (Å²) in [6.45, 7) is 5.01. The number of nitrogens with one attached hydrogen (secondary N) is 1. The second-order valence-electron chi connectivity index (χ2n) is 5.16. The summed E-state index contributed by atoms with van der Waals surface area (Å²) in [7, 11) is 3.54. The zero-order valence-corrected chi connectivity index (χ0v) is 12.3. The highest BCUT2D eigenvalue weighted by molar-refractivity contribution is 5.40. The van der Waals surface area contributed by atoms with Gasteiger partial charge in [-0.05, 0) is 49.2 Å². The van der Waals surface area contributed by atoms with Crippen molar-refractivity contribution in [1.29, 1.82) is 0 Å². The minimum absolute atomic E-state index is 0.263. The number of aliphatic hydroxyl groups excluding tert-OH is 1. The number of rotatable bonds is 7. The van der Waals surface area contributed by atoms with E-state index in [2.05, 4.69) is 19.2 Å². The molecule has 0 aliphatic carbocycles. The molecule has 0 saturated carbocycles. The molecule has 0 spiro atoms. The van der Waals surface area contributed by atoms with E-state index in [1.807, 2.05) is 25.2 Å². The Kier molecular flexibility index (Phi) is 6.28. The lowest BCUT2D eigenvalue weighted by molar-refractivity contribution is 0.142. The van der Waals surface area contributed by atoms with E-state index in [0.717, 1.165) is 29.8 Å². The van der Waals surface area contributed by atoms with E-state index in [1.165, 1.54) is 0 Å². The summed E-state index contributed by atoms with van der Waals surface area (Å²) in [5.41, 5.74) is 7.96. The minimum atomic E-state index is -0.642. The standard InChI is InChI=1S/C15H26N2O2/c1-10(2)12-9-11(5-6-14(12)19-4)15(18)13(16)7-8-17-3/h5-6,9-10,13,15,17-18H,7-8,16H2,1-4H3. The highest BCUT2D eigenvalue weighted by Crippen LogP contribution is 2.30. The third-order valence-corrected chi connectivity index (χ3v) is 3.35. The van der Waals surface area contributed by atoms with Gasteiger partial charge in [0.25, 0.3) is 0 Å². The Hall–Kier alpha value is -1.10. The van der Waals surface area contributed by atoms with E-state index < -0.39 is 6.10 Å². The molecule has 2 unspecified atom stereocenters. The van der Waals surface area contributed by atoms with E-state index in [9.17, 15) is 5.11 Å². The molecule has 0 aliphatic rings. The van der Waals surface area contributed by atoms with Gasteiger partial charge in [-0.2, -0.15) is 0 Å². The SMILES string of the molecule is CNCCC(N)C(O)c1ccc(OC)c(C(C)C)c1. The first kappa shape index (κ1) is 16.0. The molecule has 4 N–H and O–H groups in total. The van der Waals surface area contributed by atoms with Gasteiger partial charge in [-0.1, -0.05) is 19.9 Å². The topological polar surface area (TPSA) is 67.5 Å². The van der Waals surface area contributed by atoms with Gasteiger partial charge in [0.15, 0.2) is 0 Å². The molecule has 2 atom stereocenters. The van der Waals surface area contributed by atoms with Crippen molar-refractivity contribution in [2.24, 2.45) is 5.73 Å². The maximum atomic E-state index is 10.3. The first-order chi connectivity index (χ1) is 9.01. The fourth-order valence-electron chi connectivity index (χ4n) is 2.10. The van der Waals surface area contributed by atoms with E-state index in [4.69, 9.17) is 10.5 Å². The average molecular weight is 266 g/mol. The summed E-state index contributed by atoms with van der Waals surface area (Å²) in [6.07, 6.45) is 0.0949. The quantitative estimate of drug-likeness (QED) is 0.704. The summed E-state index contributed by atoms with van der Waals surface area (Å²) in [4.78, 5) is 0. The lowest BCUT2D eigenvalue weighted by Gasteiger charge is -2.21. The van der Waals surface area contributed by atoms with Gasteiger partial charge in [-0.3, -0.25) is 0 Å². The predicted molar refractivity (Wildman–Crippen MR) is 78.6 cm³/mol. The zero-order valence-electron chi connectivity index (χ0n) is 12.3. The number of hydrogen-bond donors (Lipinski definition) is 3. The fourth-order valence-corrected chi connectivity index (χ4v) is 2.10. The molecule has 0 aliphatic heterocycles. The molecule has 0 amide bonds. The second-order valence-corrected chi connectivity index (χ2v) is 5.16. The Morgan fingerprint density at radius 3 is 2.58 bits per heavy atom. The summed E-state index contributed by atoms with van der Waals surface area (Å²) in [5.74, 6) is 1.20. The van der Waals surface area contributed by atoms with Crippen LogP contribution < -0.4 is 15.8 Å². The molecule has 1 rings (SSSR count). The van der Waals surface area contributed by atoms with Crippen LogP contribution in [0.3, 0.4) is 0 Å². The molecular weight excluding hydrogens is 240 g/mol. The number of hydrogen-bond acceptors (Lipinski definition) is 4. The molecule has 0 heterocycles. The van der Waals surface area contributed by atoms with E-state index in [1.54, 1.807) is 7.11 Å². The van der Waals surface area contributed by atoms with Gasteiger partial charge in [0.1, 0.15) is 5.75 Å². The molecule has 0 saturated heterocycles. The van der Waals surface area contributed by atoms with Crippen molar-refractivity contribution in [3.8, 4) is 5.75 Å². The lowest BCUT2D eigenvalue weighted by Crippen LogP contribution is -2.31. The van der Waals surface area contributed by atoms with Crippen molar-refractivity contribution in [2.75, 3.05) is 20.7 Å². The molecular formula is C15H26N2O2. The van der Waals surface area contributed by atoms with Crippen molar-refractivity contribution >= 4 is 0 Å². The maximum Gasteiger partial charge on any atom is 0.122 e. The normalized spacial score (nSPS) is 14.5. The Morgan fingerprint density at radius 1 is 1.37 bits per heavy atom. The molecule has 0 aromatic heterocycles. The van der Waals surface area contributed by atoms with Gasteiger partial charge >= 0.3 is 0 Å². The van der Waals surface area contributed by atoms with Crippen LogP contribution in [0.4, 0.5) is 0 Å². The highest BCUT2D eigenvalue weighted by Gasteiger charge is 2.18. The Morgan fingerprint density at radius 2 is 2.05 bits per heavy atom. The molecule has 108 valence electrons. The largest absolute Gasteiger partial charge is 0.496 e. The van der Waals surface area contributed by atoms with E-state index >= 15 is 0 Å².